The summed E-state index contributed by atoms with van der Waals surface area (Å²) in [4.78, 5) is 0. The van der Waals surface area contributed by atoms with Crippen molar-refractivity contribution in [3.63, 3.8) is 0 Å². The van der Waals surface area contributed by atoms with Crippen molar-refractivity contribution < 1.29 is 0 Å². The van der Waals surface area contributed by atoms with Crippen LogP contribution < -0.4 is 0 Å². The lowest BCUT2D eigenvalue weighted by molar-refractivity contribution is 0.385. The minimum atomic E-state index is 1.04. The van der Waals surface area contributed by atoms with Gasteiger partial charge in [-0.2, -0.15) is 11.3 Å². The Bertz CT molecular complexity index is 144. The minimum absolute atomic E-state index is 1.04. The van der Waals surface area contributed by atoms with Gasteiger partial charge in [-0.15, -0.1) is 0 Å². The van der Waals surface area contributed by atoms with Gasteiger partial charge in [0.15, 0.2) is 0 Å². The predicted molar refractivity (Wildman–Crippen MR) is 56.6 cm³/mol. The van der Waals surface area contributed by atoms with Gasteiger partial charge in [-0.05, 0) is 16.7 Å². The van der Waals surface area contributed by atoms with Crippen LogP contribution in [0.2, 0.25) is 0 Å². The first-order valence-corrected chi connectivity index (χ1v) is 5.81. The van der Waals surface area contributed by atoms with E-state index in [-0.39, 0.29) is 0 Å². The van der Waals surface area contributed by atoms with Crippen LogP contribution in [0, 0.1) is 5.92 Å². The predicted octanol–water partition coefficient (Wildman–Crippen LogP) is 4.33. The van der Waals surface area contributed by atoms with Gasteiger partial charge in [-0.1, -0.05) is 51.2 Å². The van der Waals surface area contributed by atoms with Gasteiger partial charge in [0.1, 0.15) is 0 Å². The zero-order valence-electron chi connectivity index (χ0n) is 7.83. The highest BCUT2D eigenvalue weighted by Gasteiger charge is 2.05. The Balaban J connectivity index is 0.000000127. The number of hydrogen-bond donors (Lipinski definition) is 0. The summed E-state index contributed by atoms with van der Waals surface area (Å²) in [6, 6.07) is 4.04. The monoisotopic (exact) mass is 182 g/mol. The largest absolute Gasteiger partial charge is 0.152 e. The van der Waals surface area contributed by atoms with Crippen LogP contribution in [0.5, 0.6) is 0 Å². The Labute approximate surface area is 79.6 Å². The second-order valence-corrected chi connectivity index (χ2v) is 4.35. The van der Waals surface area contributed by atoms with Gasteiger partial charge in [-0.25, -0.2) is 0 Å². The van der Waals surface area contributed by atoms with Crippen LogP contribution in [0.15, 0.2) is 22.9 Å². The summed E-state index contributed by atoms with van der Waals surface area (Å²) in [6.45, 7) is 2.36. The van der Waals surface area contributed by atoms with E-state index in [4.69, 9.17) is 0 Å². The van der Waals surface area contributed by atoms with Crippen molar-refractivity contribution in [2.45, 2.75) is 39.0 Å². The van der Waals surface area contributed by atoms with Crippen LogP contribution in [0.4, 0.5) is 0 Å². The van der Waals surface area contributed by atoms with Crippen molar-refractivity contribution in [1.29, 1.82) is 0 Å². The molecule has 1 heteroatoms. The number of rotatable bonds is 0. The fraction of sp³-hybridized carbons (Fsp3) is 0.636. The third-order valence-electron chi connectivity index (χ3n) is 2.32. The van der Waals surface area contributed by atoms with Crippen LogP contribution in [0.25, 0.3) is 0 Å². The van der Waals surface area contributed by atoms with Crippen molar-refractivity contribution in [2.75, 3.05) is 0 Å². The Hall–Kier alpha value is -0.300. The normalized spacial score (nSPS) is 18.1. The van der Waals surface area contributed by atoms with Gasteiger partial charge in [0.05, 0.1) is 0 Å². The van der Waals surface area contributed by atoms with E-state index in [2.05, 4.69) is 6.92 Å². The quantitative estimate of drug-likeness (QED) is 0.560. The molecule has 0 spiro atoms. The maximum Gasteiger partial charge on any atom is -0.00934 e. The Morgan fingerprint density at radius 3 is 1.83 bits per heavy atom. The maximum absolute atomic E-state index is 2.36. The average molecular weight is 182 g/mol. The summed E-state index contributed by atoms with van der Waals surface area (Å²) in [5.74, 6) is 1.04. The molecule has 0 N–H and O–H groups in total. The number of thiophene rings is 1. The summed E-state index contributed by atoms with van der Waals surface area (Å²) in [5.41, 5.74) is 0. The molecule has 1 fully saturated rings. The lowest BCUT2D eigenvalue weighted by atomic mass is 9.91. The van der Waals surface area contributed by atoms with Crippen molar-refractivity contribution in [1.82, 2.24) is 0 Å². The van der Waals surface area contributed by atoms with Crippen LogP contribution in [0.1, 0.15) is 39.0 Å². The van der Waals surface area contributed by atoms with Crippen molar-refractivity contribution in [2.24, 2.45) is 5.92 Å². The van der Waals surface area contributed by atoms with Gasteiger partial charge in [0, 0.05) is 0 Å². The van der Waals surface area contributed by atoms with Crippen molar-refractivity contribution in [3.05, 3.63) is 22.9 Å². The molecule has 1 heterocycles. The summed E-state index contributed by atoms with van der Waals surface area (Å²) < 4.78 is 0. The molecule has 0 atom stereocenters. The third kappa shape index (κ3) is 4.55. The average Bonchev–Trinajstić information content (AvgIpc) is 2.62. The highest BCUT2D eigenvalue weighted by molar-refractivity contribution is 7.07. The zero-order valence-corrected chi connectivity index (χ0v) is 8.65. The van der Waals surface area contributed by atoms with E-state index in [1.807, 2.05) is 22.9 Å². The molecule has 0 radical (unpaired) electrons. The first-order valence-electron chi connectivity index (χ1n) is 4.87. The van der Waals surface area contributed by atoms with Crippen molar-refractivity contribution in [3.8, 4) is 0 Å². The minimum Gasteiger partial charge on any atom is -0.152 e. The second-order valence-electron chi connectivity index (χ2n) is 3.54. The van der Waals surface area contributed by atoms with Gasteiger partial charge in [0.25, 0.3) is 0 Å². The van der Waals surface area contributed by atoms with Crippen molar-refractivity contribution >= 4 is 11.3 Å². The maximum atomic E-state index is 2.36. The highest BCUT2D eigenvalue weighted by Crippen LogP contribution is 2.22. The first-order chi connectivity index (χ1) is 5.89. The summed E-state index contributed by atoms with van der Waals surface area (Å²) >= 11 is 1.71. The standard InChI is InChI=1S/C7H14.C4H4S/c1-7-5-3-2-4-6-7;1-2-4-5-3-1/h7H,2-6H2,1H3;1-4H. The molecule has 1 aromatic rings. The van der Waals surface area contributed by atoms with E-state index in [1.165, 1.54) is 32.1 Å². The van der Waals surface area contributed by atoms with Crippen LogP contribution >= 0.6 is 11.3 Å². The van der Waals surface area contributed by atoms with E-state index < -0.39 is 0 Å². The molecule has 1 aliphatic carbocycles. The highest BCUT2D eigenvalue weighted by atomic mass is 32.1. The Morgan fingerprint density at radius 1 is 1.00 bits per heavy atom. The molecule has 1 aliphatic rings. The Morgan fingerprint density at radius 2 is 1.58 bits per heavy atom. The second kappa shape index (κ2) is 6.24. The molecule has 2 rings (SSSR count). The van der Waals surface area contributed by atoms with E-state index >= 15 is 0 Å². The third-order valence-corrected chi connectivity index (χ3v) is 2.95. The molecule has 0 nitrogen and oxygen atoms in total. The molecule has 68 valence electrons. The van der Waals surface area contributed by atoms with E-state index in [0.29, 0.717) is 0 Å². The Kier molecular flexibility index (Phi) is 5.09. The zero-order chi connectivity index (χ0) is 8.65. The lowest BCUT2D eigenvalue weighted by Crippen LogP contribution is -1.99. The summed E-state index contributed by atoms with van der Waals surface area (Å²) in [7, 11) is 0. The molecular weight excluding hydrogens is 164 g/mol. The topological polar surface area (TPSA) is 0 Å². The molecule has 0 aliphatic heterocycles. The van der Waals surface area contributed by atoms with Crippen LogP contribution in [0.3, 0.4) is 0 Å². The van der Waals surface area contributed by atoms with Crippen LogP contribution in [-0.2, 0) is 0 Å². The molecule has 0 unspecified atom stereocenters. The molecule has 0 amide bonds. The molecule has 1 aromatic heterocycles. The summed E-state index contributed by atoms with van der Waals surface area (Å²) in [5, 5.41) is 4.08. The van der Waals surface area contributed by atoms with Gasteiger partial charge in [-0.3, -0.25) is 0 Å². The molecule has 12 heavy (non-hydrogen) atoms. The molecular formula is C11H18S. The molecule has 0 aromatic carbocycles. The van der Waals surface area contributed by atoms with E-state index in [9.17, 15) is 0 Å². The van der Waals surface area contributed by atoms with E-state index in [1.54, 1.807) is 11.3 Å². The SMILES string of the molecule is CC1CCCCC1.c1ccsc1. The fourth-order valence-corrected chi connectivity index (χ4v) is 1.99. The van der Waals surface area contributed by atoms with Gasteiger partial charge in [0.2, 0.25) is 0 Å². The van der Waals surface area contributed by atoms with E-state index in [0.717, 1.165) is 5.92 Å². The van der Waals surface area contributed by atoms with Crippen LogP contribution in [-0.4, -0.2) is 0 Å². The fourth-order valence-electron chi connectivity index (χ4n) is 1.53. The molecule has 0 bridgehead atoms. The smallest absolute Gasteiger partial charge is 0.00934 e. The summed E-state index contributed by atoms with van der Waals surface area (Å²) in [6.07, 6.45) is 7.44. The van der Waals surface area contributed by atoms with Gasteiger partial charge < -0.3 is 0 Å². The molecule has 1 saturated carbocycles. The number of hydrogen-bond acceptors (Lipinski definition) is 1. The lowest BCUT2D eigenvalue weighted by Gasteiger charge is -2.15. The first kappa shape index (κ1) is 9.79. The molecule has 0 saturated heterocycles. The van der Waals surface area contributed by atoms with Gasteiger partial charge >= 0.3 is 0 Å².